The summed E-state index contributed by atoms with van der Waals surface area (Å²) in [5.74, 6) is -0.986. The molecule has 148 valence electrons. The fourth-order valence-corrected chi connectivity index (χ4v) is 4.12. The van der Waals surface area contributed by atoms with Crippen molar-refractivity contribution in [2.75, 3.05) is 32.7 Å². The molecule has 2 heterocycles. The van der Waals surface area contributed by atoms with Gasteiger partial charge in [-0.15, -0.1) is 0 Å². The number of aryl methyl sites for hydroxylation is 1. The summed E-state index contributed by atoms with van der Waals surface area (Å²) < 4.78 is 26.9. The zero-order chi connectivity index (χ0) is 19.7. The van der Waals surface area contributed by atoms with Crippen LogP contribution in [0.2, 0.25) is 0 Å². The van der Waals surface area contributed by atoms with Crippen LogP contribution in [0.15, 0.2) is 42.5 Å². The van der Waals surface area contributed by atoms with Gasteiger partial charge in [0.15, 0.2) is 0 Å². The molecule has 2 saturated heterocycles. The Morgan fingerprint density at radius 2 is 1.57 bits per heavy atom. The summed E-state index contributed by atoms with van der Waals surface area (Å²) >= 11 is 0. The lowest BCUT2D eigenvalue weighted by Crippen LogP contribution is -2.64. The zero-order valence-corrected chi connectivity index (χ0v) is 16.1. The van der Waals surface area contributed by atoms with Gasteiger partial charge in [0.05, 0.1) is 0 Å². The number of piperazine rings is 2. The van der Waals surface area contributed by atoms with Crippen molar-refractivity contribution in [2.24, 2.45) is 0 Å². The largest absolute Gasteiger partial charge is 0.336 e. The fourth-order valence-electron chi connectivity index (χ4n) is 4.12. The molecule has 0 saturated carbocycles. The minimum Gasteiger partial charge on any atom is -0.336 e. The Labute approximate surface area is 164 Å². The number of amides is 1. The van der Waals surface area contributed by atoms with E-state index in [1.54, 1.807) is 0 Å². The fraction of sp³-hybridized carbons (Fsp3) is 0.409. The van der Waals surface area contributed by atoms with Crippen LogP contribution in [0.25, 0.3) is 0 Å². The molecule has 1 unspecified atom stereocenters. The number of carbonyl (C=O) groups is 1. The highest BCUT2D eigenvalue weighted by Crippen LogP contribution is 2.21. The molecule has 2 fully saturated rings. The second-order valence-electron chi connectivity index (χ2n) is 7.81. The van der Waals surface area contributed by atoms with E-state index in [-0.39, 0.29) is 11.9 Å². The normalized spacial score (nSPS) is 21.0. The molecular weight excluding hydrogens is 360 g/mol. The van der Waals surface area contributed by atoms with E-state index in [1.807, 2.05) is 4.90 Å². The Hall–Kier alpha value is -2.31. The number of hydrogen-bond donors (Lipinski definition) is 0. The first kappa shape index (κ1) is 19.0. The number of rotatable bonds is 4. The molecule has 6 heteroatoms. The maximum atomic E-state index is 13.5. The third kappa shape index (κ3) is 4.23. The molecule has 4 rings (SSSR count). The average Bonchev–Trinajstić information content (AvgIpc) is 2.65. The summed E-state index contributed by atoms with van der Waals surface area (Å²) in [5.41, 5.74) is 2.94. The van der Waals surface area contributed by atoms with Crippen molar-refractivity contribution in [1.82, 2.24) is 14.7 Å². The number of halogens is 2. The maximum Gasteiger partial charge on any atom is 0.241 e. The topological polar surface area (TPSA) is 26.8 Å². The second-order valence-corrected chi connectivity index (χ2v) is 7.81. The molecule has 2 aliphatic rings. The molecule has 0 N–H and O–H groups in total. The number of carbonyl (C=O) groups excluding carboxylic acids is 1. The third-order valence-corrected chi connectivity index (χ3v) is 5.65. The lowest BCUT2D eigenvalue weighted by Gasteiger charge is -2.46. The summed E-state index contributed by atoms with van der Waals surface area (Å²) in [6.45, 7) is 6.90. The predicted octanol–water partition coefficient (Wildman–Crippen LogP) is 2.80. The van der Waals surface area contributed by atoms with Crippen LogP contribution >= 0.6 is 0 Å². The average molecular weight is 385 g/mol. The van der Waals surface area contributed by atoms with Gasteiger partial charge in [-0.1, -0.05) is 29.8 Å². The quantitative estimate of drug-likeness (QED) is 0.810. The van der Waals surface area contributed by atoms with Crippen molar-refractivity contribution < 1.29 is 13.6 Å². The minimum atomic E-state index is -0.563. The van der Waals surface area contributed by atoms with Crippen LogP contribution in [0.1, 0.15) is 16.7 Å². The summed E-state index contributed by atoms with van der Waals surface area (Å²) in [7, 11) is 0. The van der Waals surface area contributed by atoms with Gasteiger partial charge in [0.25, 0.3) is 0 Å². The second kappa shape index (κ2) is 7.97. The van der Waals surface area contributed by atoms with Gasteiger partial charge in [-0.3, -0.25) is 14.6 Å². The molecule has 0 aromatic heterocycles. The van der Waals surface area contributed by atoms with Gasteiger partial charge in [0.2, 0.25) is 5.91 Å². The molecule has 0 aliphatic carbocycles. The van der Waals surface area contributed by atoms with Gasteiger partial charge >= 0.3 is 0 Å². The van der Waals surface area contributed by atoms with Crippen LogP contribution in [-0.2, 0) is 17.9 Å². The van der Waals surface area contributed by atoms with Crippen molar-refractivity contribution in [1.29, 1.82) is 0 Å². The molecule has 0 spiro atoms. The molecule has 0 bridgehead atoms. The van der Waals surface area contributed by atoms with Gasteiger partial charge in [0.1, 0.15) is 17.7 Å². The van der Waals surface area contributed by atoms with E-state index in [0.29, 0.717) is 25.2 Å². The van der Waals surface area contributed by atoms with Crippen molar-refractivity contribution in [2.45, 2.75) is 26.1 Å². The zero-order valence-electron chi connectivity index (χ0n) is 16.1. The van der Waals surface area contributed by atoms with E-state index < -0.39 is 11.6 Å². The smallest absolute Gasteiger partial charge is 0.241 e. The SMILES string of the molecule is Cc1ccc(CN2CCN3CCN(Cc4cc(F)cc(F)c4)CC3C2=O)cc1. The highest BCUT2D eigenvalue weighted by atomic mass is 19.1. The first-order chi connectivity index (χ1) is 13.5. The van der Waals surface area contributed by atoms with E-state index in [9.17, 15) is 13.6 Å². The molecule has 2 aromatic carbocycles. The van der Waals surface area contributed by atoms with Crippen molar-refractivity contribution in [3.05, 3.63) is 70.8 Å². The monoisotopic (exact) mass is 385 g/mol. The molecule has 4 nitrogen and oxygen atoms in total. The first-order valence-corrected chi connectivity index (χ1v) is 9.73. The van der Waals surface area contributed by atoms with E-state index in [2.05, 4.69) is 41.0 Å². The highest BCUT2D eigenvalue weighted by molar-refractivity contribution is 5.83. The maximum absolute atomic E-state index is 13.5. The molecule has 1 amide bonds. The standard InChI is InChI=1S/C22H25F2N3O/c1-16-2-4-17(5-3-16)14-27-9-8-26-7-6-25(15-21(26)22(27)28)13-18-10-19(23)12-20(24)11-18/h2-5,10-12,21H,6-9,13-15H2,1H3. The van der Waals surface area contributed by atoms with Crippen molar-refractivity contribution in [3.8, 4) is 0 Å². The Kier molecular flexibility index (Phi) is 5.42. The van der Waals surface area contributed by atoms with Gasteiger partial charge in [-0.2, -0.15) is 0 Å². The molecular formula is C22H25F2N3O. The Morgan fingerprint density at radius 3 is 2.29 bits per heavy atom. The number of nitrogens with zero attached hydrogens (tertiary/aromatic N) is 3. The summed E-state index contributed by atoms with van der Waals surface area (Å²) in [4.78, 5) is 19.3. The van der Waals surface area contributed by atoms with Crippen LogP contribution in [0.4, 0.5) is 8.78 Å². The molecule has 1 atom stereocenters. The number of hydrogen-bond acceptors (Lipinski definition) is 3. The Morgan fingerprint density at radius 1 is 0.893 bits per heavy atom. The molecule has 0 radical (unpaired) electrons. The van der Waals surface area contributed by atoms with E-state index >= 15 is 0 Å². The van der Waals surface area contributed by atoms with E-state index in [4.69, 9.17) is 0 Å². The summed E-state index contributed by atoms with van der Waals surface area (Å²) in [5, 5.41) is 0. The van der Waals surface area contributed by atoms with E-state index in [0.717, 1.165) is 37.8 Å². The summed E-state index contributed by atoms with van der Waals surface area (Å²) in [6, 6.07) is 11.7. The van der Waals surface area contributed by atoms with Crippen LogP contribution in [-0.4, -0.2) is 59.4 Å². The highest BCUT2D eigenvalue weighted by Gasteiger charge is 2.38. The Balaban J connectivity index is 1.42. The third-order valence-electron chi connectivity index (χ3n) is 5.65. The van der Waals surface area contributed by atoms with Crippen molar-refractivity contribution in [3.63, 3.8) is 0 Å². The minimum absolute atomic E-state index is 0.141. The predicted molar refractivity (Wildman–Crippen MR) is 104 cm³/mol. The lowest BCUT2D eigenvalue weighted by atomic mass is 10.0. The lowest BCUT2D eigenvalue weighted by molar-refractivity contribution is -0.146. The van der Waals surface area contributed by atoms with Crippen LogP contribution in [0.5, 0.6) is 0 Å². The molecule has 2 aromatic rings. The van der Waals surface area contributed by atoms with Gasteiger partial charge in [0, 0.05) is 51.9 Å². The van der Waals surface area contributed by atoms with Gasteiger partial charge < -0.3 is 4.90 Å². The number of fused-ring (bicyclic) bond motifs is 1. The van der Waals surface area contributed by atoms with Gasteiger partial charge in [-0.25, -0.2) is 8.78 Å². The van der Waals surface area contributed by atoms with Crippen LogP contribution in [0, 0.1) is 18.6 Å². The van der Waals surface area contributed by atoms with Crippen molar-refractivity contribution >= 4 is 5.91 Å². The molecule has 28 heavy (non-hydrogen) atoms. The first-order valence-electron chi connectivity index (χ1n) is 9.73. The van der Waals surface area contributed by atoms with E-state index in [1.165, 1.54) is 17.7 Å². The van der Waals surface area contributed by atoms with Crippen LogP contribution in [0.3, 0.4) is 0 Å². The summed E-state index contributed by atoms with van der Waals surface area (Å²) in [6.07, 6.45) is 0. The molecule has 2 aliphatic heterocycles. The van der Waals surface area contributed by atoms with Gasteiger partial charge in [-0.05, 0) is 30.2 Å². The van der Waals surface area contributed by atoms with Crippen LogP contribution < -0.4 is 0 Å². The number of benzene rings is 2. The Bertz CT molecular complexity index is 835.